The smallest absolute Gasteiger partial charge is 0.333 e. The lowest BCUT2D eigenvalue weighted by Crippen LogP contribution is -2.32. The SMILES string of the molecule is C=C(C)OC1CC2C3CC(OC(=O)C(=C)C)C(C3)C2C1. The molecule has 0 radical (unpaired) electrons. The van der Waals surface area contributed by atoms with Crippen LogP contribution in [0.5, 0.6) is 0 Å². The zero-order chi connectivity index (χ0) is 14.4. The average molecular weight is 276 g/mol. The summed E-state index contributed by atoms with van der Waals surface area (Å²) in [5, 5.41) is 0. The zero-order valence-corrected chi connectivity index (χ0v) is 12.4. The van der Waals surface area contributed by atoms with Crippen molar-refractivity contribution in [2.24, 2.45) is 23.7 Å². The van der Waals surface area contributed by atoms with Crippen LogP contribution in [0.25, 0.3) is 0 Å². The summed E-state index contributed by atoms with van der Waals surface area (Å²) in [6, 6.07) is 0. The van der Waals surface area contributed by atoms with Gasteiger partial charge in [-0.25, -0.2) is 4.79 Å². The summed E-state index contributed by atoms with van der Waals surface area (Å²) in [6.45, 7) is 11.1. The first-order valence-electron chi connectivity index (χ1n) is 7.64. The monoisotopic (exact) mass is 276 g/mol. The van der Waals surface area contributed by atoms with Crippen LogP contribution in [-0.2, 0) is 14.3 Å². The first-order chi connectivity index (χ1) is 9.45. The standard InChI is InChI=1S/C17H24O3/c1-9(2)17(18)20-16-6-11-5-15(16)14-8-12(7-13(11)14)19-10(3)4/h11-16H,1,3,5-8H2,2,4H3. The fourth-order valence-corrected chi connectivity index (χ4v) is 4.71. The summed E-state index contributed by atoms with van der Waals surface area (Å²) in [5.74, 6) is 3.27. The van der Waals surface area contributed by atoms with E-state index in [1.54, 1.807) is 6.92 Å². The summed E-state index contributed by atoms with van der Waals surface area (Å²) in [4.78, 5) is 11.7. The number of allylic oxidation sites excluding steroid dienone is 1. The van der Waals surface area contributed by atoms with Crippen LogP contribution in [0, 0.1) is 23.7 Å². The second kappa shape index (κ2) is 4.94. The molecule has 0 amide bonds. The summed E-state index contributed by atoms with van der Waals surface area (Å²) in [6.07, 6.45) is 4.94. The molecule has 0 saturated heterocycles. The Hall–Kier alpha value is -1.25. The molecule has 0 N–H and O–H groups in total. The highest BCUT2D eigenvalue weighted by Crippen LogP contribution is 2.60. The Balaban J connectivity index is 1.63. The van der Waals surface area contributed by atoms with Crippen molar-refractivity contribution in [2.75, 3.05) is 0 Å². The number of ether oxygens (including phenoxy) is 2. The van der Waals surface area contributed by atoms with Crippen LogP contribution in [0.2, 0.25) is 0 Å². The van der Waals surface area contributed by atoms with Gasteiger partial charge in [0.1, 0.15) is 6.10 Å². The summed E-state index contributed by atoms with van der Waals surface area (Å²) >= 11 is 0. The van der Waals surface area contributed by atoms with Gasteiger partial charge in [0.2, 0.25) is 0 Å². The molecule has 0 aromatic heterocycles. The van der Waals surface area contributed by atoms with E-state index in [0.29, 0.717) is 29.4 Å². The maximum Gasteiger partial charge on any atom is 0.333 e. The third-order valence-corrected chi connectivity index (χ3v) is 5.34. The molecule has 2 bridgehead atoms. The van der Waals surface area contributed by atoms with Gasteiger partial charge < -0.3 is 9.47 Å². The fraction of sp³-hybridized carbons (Fsp3) is 0.706. The van der Waals surface area contributed by atoms with Gasteiger partial charge in [0.25, 0.3) is 0 Å². The van der Waals surface area contributed by atoms with Gasteiger partial charge in [-0.3, -0.25) is 0 Å². The number of carbonyl (C=O) groups excluding carboxylic acids is 1. The Bertz CT molecular complexity index is 453. The van der Waals surface area contributed by atoms with Gasteiger partial charge in [-0.2, -0.15) is 0 Å². The normalized spacial score (nSPS) is 41.3. The first kappa shape index (κ1) is 13.7. The summed E-state index contributed by atoms with van der Waals surface area (Å²) in [5.41, 5.74) is 0.499. The Morgan fingerprint density at radius 3 is 2.30 bits per heavy atom. The van der Waals surface area contributed by atoms with Gasteiger partial charge in [-0.1, -0.05) is 13.2 Å². The molecule has 6 atom stereocenters. The summed E-state index contributed by atoms with van der Waals surface area (Å²) in [7, 11) is 0. The van der Waals surface area contributed by atoms with Crippen molar-refractivity contribution in [1.29, 1.82) is 0 Å². The molecule has 3 nitrogen and oxygen atoms in total. The fourth-order valence-electron chi connectivity index (χ4n) is 4.71. The predicted molar refractivity (Wildman–Crippen MR) is 76.8 cm³/mol. The predicted octanol–water partition coefficient (Wildman–Crippen LogP) is 3.46. The van der Waals surface area contributed by atoms with Crippen molar-refractivity contribution in [3.8, 4) is 0 Å². The number of fused-ring (bicyclic) bond motifs is 5. The van der Waals surface area contributed by atoms with Gasteiger partial charge >= 0.3 is 5.97 Å². The van der Waals surface area contributed by atoms with E-state index < -0.39 is 0 Å². The Morgan fingerprint density at radius 1 is 0.950 bits per heavy atom. The number of hydrogen-bond donors (Lipinski definition) is 0. The number of hydrogen-bond acceptors (Lipinski definition) is 3. The van der Waals surface area contributed by atoms with Crippen molar-refractivity contribution in [1.82, 2.24) is 0 Å². The largest absolute Gasteiger partial charge is 0.496 e. The first-order valence-corrected chi connectivity index (χ1v) is 7.64. The molecule has 0 spiro atoms. The topological polar surface area (TPSA) is 35.5 Å². The maximum absolute atomic E-state index is 11.7. The highest BCUT2D eigenvalue weighted by Gasteiger charge is 2.57. The van der Waals surface area contributed by atoms with Crippen molar-refractivity contribution >= 4 is 5.97 Å². The van der Waals surface area contributed by atoms with Gasteiger partial charge in [-0.15, -0.1) is 0 Å². The van der Waals surface area contributed by atoms with E-state index in [1.165, 1.54) is 6.42 Å². The van der Waals surface area contributed by atoms with Crippen LogP contribution in [0.1, 0.15) is 39.5 Å². The van der Waals surface area contributed by atoms with Crippen LogP contribution in [0.3, 0.4) is 0 Å². The number of esters is 1. The number of carbonyl (C=O) groups is 1. The molecular formula is C17H24O3. The van der Waals surface area contributed by atoms with E-state index >= 15 is 0 Å². The van der Waals surface area contributed by atoms with Gasteiger partial charge in [0.05, 0.1) is 11.9 Å². The van der Waals surface area contributed by atoms with E-state index in [2.05, 4.69) is 13.2 Å². The molecule has 3 rings (SSSR count). The van der Waals surface area contributed by atoms with Crippen molar-refractivity contribution < 1.29 is 14.3 Å². The van der Waals surface area contributed by atoms with E-state index in [4.69, 9.17) is 9.47 Å². The van der Waals surface area contributed by atoms with E-state index in [-0.39, 0.29) is 12.1 Å². The molecule has 0 aromatic carbocycles. The lowest BCUT2D eigenvalue weighted by Gasteiger charge is -2.30. The second-order valence-corrected chi connectivity index (χ2v) is 6.86. The molecule has 110 valence electrons. The van der Waals surface area contributed by atoms with E-state index in [0.717, 1.165) is 30.9 Å². The summed E-state index contributed by atoms with van der Waals surface area (Å²) < 4.78 is 11.4. The molecule has 0 heterocycles. The van der Waals surface area contributed by atoms with Gasteiger partial charge in [0.15, 0.2) is 0 Å². The highest BCUT2D eigenvalue weighted by atomic mass is 16.5. The molecule has 20 heavy (non-hydrogen) atoms. The van der Waals surface area contributed by atoms with Gasteiger partial charge in [0, 0.05) is 5.57 Å². The minimum atomic E-state index is -0.230. The van der Waals surface area contributed by atoms with E-state index in [1.807, 2.05) is 6.92 Å². The molecule has 3 fully saturated rings. The van der Waals surface area contributed by atoms with Crippen molar-refractivity contribution in [2.45, 2.75) is 51.7 Å². The lowest BCUT2D eigenvalue weighted by atomic mass is 9.80. The molecular weight excluding hydrogens is 252 g/mol. The second-order valence-electron chi connectivity index (χ2n) is 6.86. The Labute approximate surface area is 121 Å². The van der Waals surface area contributed by atoms with Crippen LogP contribution < -0.4 is 0 Å². The van der Waals surface area contributed by atoms with Crippen molar-refractivity contribution in [3.63, 3.8) is 0 Å². The Morgan fingerprint density at radius 2 is 1.65 bits per heavy atom. The minimum absolute atomic E-state index is 0.106. The van der Waals surface area contributed by atoms with Gasteiger partial charge in [-0.05, 0) is 63.2 Å². The maximum atomic E-state index is 11.7. The minimum Gasteiger partial charge on any atom is -0.496 e. The van der Waals surface area contributed by atoms with Crippen LogP contribution in [-0.4, -0.2) is 18.2 Å². The van der Waals surface area contributed by atoms with Crippen LogP contribution in [0.4, 0.5) is 0 Å². The number of rotatable bonds is 4. The third kappa shape index (κ3) is 2.27. The zero-order valence-electron chi connectivity index (χ0n) is 12.4. The molecule has 3 heteroatoms. The molecule has 0 aliphatic heterocycles. The molecule has 6 unspecified atom stereocenters. The lowest BCUT2D eigenvalue weighted by molar-refractivity contribution is -0.148. The Kier molecular flexibility index (Phi) is 3.39. The highest BCUT2D eigenvalue weighted by molar-refractivity contribution is 5.87. The third-order valence-electron chi connectivity index (χ3n) is 5.34. The van der Waals surface area contributed by atoms with Crippen LogP contribution >= 0.6 is 0 Å². The average Bonchev–Trinajstić information content (AvgIpc) is 2.98. The van der Waals surface area contributed by atoms with E-state index in [9.17, 15) is 4.79 Å². The van der Waals surface area contributed by atoms with Crippen LogP contribution in [0.15, 0.2) is 24.5 Å². The quantitative estimate of drug-likeness (QED) is 0.448. The molecule has 3 saturated carbocycles. The molecule has 3 aliphatic rings. The van der Waals surface area contributed by atoms with Crippen molar-refractivity contribution in [3.05, 3.63) is 24.5 Å². The molecule has 0 aromatic rings. The molecule has 3 aliphatic carbocycles.